The second-order valence-corrected chi connectivity index (χ2v) is 5.76. The van der Waals surface area contributed by atoms with E-state index in [0.717, 1.165) is 30.7 Å². The second-order valence-electron chi connectivity index (χ2n) is 5.76. The molecule has 1 fully saturated rings. The van der Waals surface area contributed by atoms with Gasteiger partial charge in [-0.3, -0.25) is 4.68 Å². The average Bonchev–Trinajstić information content (AvgIpc) is 2.79. The molecule has 4 nitrogen and oxygen atoms in total. The van der Waals surface area contributed by atoms with Crippen molar-refractivity contribution in [3.63, 3.8) is 0 Å². The predicted molar refractivity (Wildman–Crippen MR) is 74.9 cm³/mol. The summed E-state index contributed by atoms with van der Waals surface area (Å²) in [6.45, 7) is 2.07. The molecule has 19 heavy (non-hydrogen) atoms. The first-order valence-corrected chi connectivity index (χ1v) is 7.49. The largest absolute Gasteiger partial charge is 0.390 e. The smallest absolute Gasteiger partial charge is 0.0856 e. The fourth-order valence-electron chi connectivity index (χ4n) is 3.06. The van der Waals surface area contributed by atoms with E-state index < -0.39 is 12.2 Å². The molecule has 0 amide bonds. The lowest BCUT2D eigenvalue weighted by Gasteiger charge is -2.29. The molecule has 1 heterocycles. The SMILES string of the molecule is CCc1cc(CC(O)C(O)C2CCCCC2)n(C)n1. The zero-order chi connectivity index (χ0) is 13.8. The molecule has 0 saturated heterocycles. The molecule has 1 aromatic heterocycles. The molecule has 2 unspecified atom stereocenters. The summed E-state index contributed by atoms with van der Waals surface area (Å²) in [5, 5.41) is 24.9. The van der Waals surface area contributed by atoms with Crippen LogP contribution in [0.25, 0.3) is 0 Å². The first kappa shape index (κ1) is 14.5. The molecule has 2 N–H and O–H groups in total. The average molecular weight is 266 g/mol. The summed E-state index contributed by atoms with van der Waals surface area (Å²) >= 11 is 0. The van der Waals surface area contributed by atoms with Gasteiger partial charge < -0.3 is 10.2 Å². The number of aryl methyl sites for hydroxylation is 2. The minimum atomic E-state index is -0.678. The Hall–Kier alpha value is -0.870. The first-order valence-electron chi connectivity index (χ1n) is 7.49. The van der Waals surface area contributed by atoms with Crippen LogP contribution >= 0.6 is 0 Å². The molecule has 0 aromatic carbocycles. The Morgan fingerprint density at radius 3 is 2.58 bits per heavy atom. The minimum Gasteiger partial charge on any atom is -0.390 e. The molecule has 1 aliphatic carbocycles. The monoisotopic (exact) mass is 266 g/mol. The van der Waals surface area contributed by atoms with Gasteiger partial charge in [0.05, 0.1) is 17.9 Å². The highest BCUT2D eigenvalue weighted by Crippen LogP contribution is 2.28. The van der Waals surface area contributed by atoms with E-state index in [1.54, 1.807) is 0 Å². The van der Waals surface area contributed by atoms with Crippen molar-refractivity contribution < 1.29 is 10.2 Å². The molecule has 2 rings (SSSR count). The lowest BCUT2D eigenvalue weighted by molar-refractivity contribution is -0.0270. The standard InChI is InChI=1S/C15H26N2O2/c1-3-12-9-13(17(2)16-12)10-14(18)15(19)11-7-5-4-6-8-11/h9,11,14-15,18-19H,3-8,10H2,1-2H3. The predicted octanol–water partition coefficient (Wildman–Crippen LogP) is 1.83. The topological polar surface area (TPSA) is 58.3 Å². The Labute approximate surface area is 115 Å². The van der Waals surface area contributed by atoms with Crippen molar-refractivity contribution >= 4 is 0 Å². The summed E-state index contributed by atoms with van der Waals surface area (Å²) in [7, 11) is 1.90. The summed E-state index contributed by atoms with van der Waals surface area (Å²) in [5.41, 5.74) is 2.04. The number of hydrogen-bond acceptors (Lipinski definition) is 3. The normalized spacial score (nSPS) is 20.4. The molecule has 0 radical (unpaired) electrons. The molecule has 4 heteroatoms. The molecule has 0 spiro atoms. The fourth-order valence-corrected chi connectivity index (χ4v) is 3.06. The van der Waals surface area contributed by atoms with Gasteiger partial charge >= 0.3 is 0 Å². The Morgan fingerprint density at radius 2 is 2.00 bits per heavy atom. The number of nitrogens with zero attached hydrogens (tertiary/aromatic N) is 2. The third-order valence-corrected chi connectivity index (χ3v) is 4.33. The van der Waals surface area contributed by atoms with Gasteiger partial charge in [-0.05, 0) is 31.2 Å². The van der Waals surface area contributed by atoms with Crippen LogP contribution in [0.3, 0.4) is 0 Å². The van der Waals surface area contributed by atoms with Crippen LogP contribution in [-0.2, 0) is 19.9 Å². The summed E-state index contributed by atoms with van der Waals surface area (Å²) in [4.78, 5) is 0. The van der Waals surface area contributed by atoms with Crippen LogP contribution in [-0.4, -0.2) is 32.2 Å². The van der Waals surface area contributed by atoms with Crippen molar-refractivity contribution in [3.05, 3.63) is 17.5 Å². The molecule has 2 atom stereocenters. The van der Waals surface area contributed by atoms with Crippen molar-refractivity contribution in [1.82, 2.24) is 9.78 Å². The van der Waals surface area contributed by atoms with Crippen LogP contribution in [0.4, 0.5) is 0 Å². The molecule has 1 saturated carbocycles. The number of aliphatic hydroxyl groups excluding tert-OH is 2. The van der Waals surface area contributed by atoms with Gasteiger partial charge in [-0.1, -0.05) is 26.2 Å². The van der Waals surface area contributed by atoms with Crippen molar-refractivity contribution in [1.29, 1.82) is 0 Å². The Bertz CT molecular complexity index is 397. The summed E-state index contributed by atoms with van der Waals surface area (Å²) in [6.07, 6.45) is 5.83. The third kappa shape index (κ3) is 3.57. The molecule has 0 aliphatic heterocycles. The zero-order valence-corrected chi connectivity index (χ0v) is 12.0. The van der Waals surface area contributed by atoms with Crippen LogP contribution < -0.4 is 0 Å². The number of aromatic nitrogens is 2. The summed E-state index contributed by atoms with van der Waals surface area (Å²) in [5.74, 6) is 0.266. The van der Waals surface area contributed by atoms with E-state index in [4.69, 9.17) is 0 Å². The maximum Gasteiger partial charge on any atom is 0.0856 e. The maximum atomic E-state index is 10.3. The summed E-state index contributed by atoms with van der Waals surface area (Å²) in [6, 6.07) is 2.02. The highest BCUT2D eigenvalue weighted by atomic mass is 16.3. The van der Waals surface area contributed by atoms with E-state index >= 15 is 0 Å². The Balaban J connectivity index is 1.95. The molecule has 1 aliphatic rings. The molecule has 108 valence electrons. The second kappa shape index (κ2) is 6.53. The molecule has 0 bridgehead atoms. The Kier molecular flexibility index (Phi) is 4.99. The van der Waals surface area contributed by atoms with Gasteiger partial charge in [-0.25, -0.2) is 0 Å². The summed E-state index contributed by atoms with van der Waals surface area (Å²) < 4.78 is 1.82. The van der Waals surface area contributed by atoms with Crippen LogP contribution in [0.5, 0.6) is 0 Å². The quantitative estimate of drug-likeness (QED) is 0.855. The van der Waals surface area contributed by atoms with Crippen LogP contribution in [0.2, 0.25) is 0 Å². The van der Waals surface area contributed by atoms with E-state index in [1.165, 1.54) is 19.3 Å². The fraction of sp³-hybridized carbons (Fsp3) is 0.800. The van der Waals surface area contributed by atoms with Crippen LogP contribution in [0.15, 0.2) is 6.07 Å². The van der Waals surface area contributed by atoms with Crippen molar-refractivity contribution in [3.8, 4) is 0 Å². The van der Waals surface area contributed by atoms with Gasteiger partial charge in [-0.15, -0.1) is 0 Å². The minimum absolute atomic E-state index is 0.266. The van der Waals surface area contributed by atoms with Gasteiger partial charge in [0.25, 0.3) is 0 Å². The van der Waals surface area contributed by atoms with E-state index in [0.29, 0.717) is 6.42 Å². The lowest BCUT2D eigenvalue weighted by atomic mass is 9.82. The maximum absolute atomic E-state index is 10.3. The van der Waals surface area contributed by atoms with E-state index in [-0.39, 0.29) is 5.92 Å². The van der Waals surface area contributed by atoms with Gasteiger partial charge in [0.15, 0.2) is 0 Å². The number of aliphatic hydroxyl groups is 2. The van der Waals surface area contributed by atoms with Crippen molar-refractivity contribution in [2.45, 2.75) is 64.1 Å². The van der Waals surface area contributed by atoms with Crippen LogP contribution in [0.1, 0.15) is 50.4 Å². The van der Waals surface area contributed by atoms with Crippen molar-refractivity contribution in [2.75, 3.05) is 0 Å². The Morgan fingerprint density at radius 1 is 1.32 bits per heavy atom. The molecular weight excluding hydrogens is 240 g/mol. The zero-order valence-electron chi connectivity index (χ0n) is 12.0. The van der Waals surface area contributed by atoms with Gasteiger partial charge in [-0.2, -0.15) is 5.10 Å². The van der Waals surface area contributed by atoms with E-state index in [9.17, 15) is 10.2 Å². The van der Waals surface area contributed by atoms with Gasteiger partial charge in [0.2, 0.25) is 0 Å². The van der Waals surface area contributed by atoms with Gasteiger partial charge in [0.1, 0.15) is 0 Å². The first-order chi connectivity index (χ1) is 9.11. The van der Waals surface area contributed by atoms with E-state index in [2.05, 4.69) is 12.0 Å². The lowest BCUT2D eigenvalue weighted by Crippen LogP contribution is -2.36. The van der Waals surface area contributed by atoms with Gasteiger partial charge in [0, 0.05) is 19.2 Å². The van der Waals surface area contributed by atoms with Crippen molar-refractivity contribution in [2.24, 2.45) is 13.0 Å². The number of hydrogen-bond donors (Lipinski definition) is 2. The molecule has 1 aromatic rings. The van der Waals surface area contributed by atoms with E-state index in [1.807, 2.05) is 17.8 Å². The number of rotatable bonds is 5. The molecular formula is C15H26N2O2. The highest BCUT2D eigenvalue weighted by molar-refractivity contribution is 5.11. The third-order valence-electron chi connectivity index (χ3n) is 4.33. The van der Waals surface area contributed by atoms with Crippen LogP contribution in [0, 0.1) is 5.92 Å². The highest BCUT2D eigenvalue weighted by Gasteiger charge is 2.28.